The highest BCUT2D eigenvalue weighted by atomic mass is 35.5. The van der Waals surface area contributed by atoms with Crippen molar-refractivity contribution >= 4 is 12.4 Å². The molecule has 1 saturated carbocycles. The van der Waals surface area contributed by atoms with Gasteiger partial charge in [-0.25, -0.2) is 8.78 Å². The smallest absolute Gasteiger partial charge is 0.131 e. The first-order valence-corrected chi connectivity index (χ1v) is 4.33. The van der Waals surface area contributed by atoms with E-state index in [-0.39, 0.29) is 18.0 Å². The standard InChI is InChI=1S/C10H11F2N.ClH/c1-13-10(5-6-10)9-7(11)3-2-4-8(9)12;/h2-4,13H,5-6H2,1H3;1H. The van der Waals surface area contributed by atoms with Crippen LogP contribution in [0.15, 0.2) is 18.2 Å². The van der Waals surface area contributed by atoms with E-state index in [2.05, 4.69) is 5.32 Å². The van der Waals surface area contributed by atoms with Crippen molar-refractivity contribution in [1.82, 2.24) is 5.32 Å². The number of hydrogen-bond donors (Lipinski definition) is 1. The van der Waals surface area contributed by atoms with Crippen LogP contribution in [0.2, 0.25) is 0 Å². The summed E-state index contributed by atoms with van der Waals surface area (Å²) < 4.78 is 26.6. The fraction of sp³-hybridized carbons (Fsp3) is 0.400. The van der Waals surface area contributed by atoms with Crippen LogP contribution in [-0.2, 0) is 5.54 Å². The summed E-state index contributed by atoms with van der Waals surface area (Å²) in [5, 5.41) is 2.97. The maximum atomic E-state index is 13.3. The highest BCUT2D eigenvalue weighted by Crippen LogP contribution is 2.46. The molecule has 0 heterocycles. The summed E-state index contributed by atoms with van der Waals surface area (Å²) in [4.78, 5) is 0. The van der Waals surface area contributed by atoms with Crippen molar-refractivity contribution < 1.29 is 8.78 Å². The molecule has 0 amide bonds. The quantitative estimate of drug-likeness (QED) is 0.806. The lowest BCUT2D eigenvalue weighted by atomic mass is 10.0. The Balaban J connectivity index is 0.000000980. The lowest BCUT2D eigenvalue weighted by molar-refractivity contribution is 0.480. The first kappa shape index (κ1) is 11.4. The Bertz CT molecular complexity index is 317. The predicted molar refractivity (Wildman–Crippen MR) is 53.6 cm³/mol. The molecule has 1 aromatic carbocycles. The van der Waals surface area contributed by atoms with Crippen LogP contribution in [0, 0.1) is 11.6 Å². The molecular formula is C10H12ClF2N. The highest BCUT2D eigenvalue weighted by Gasteiger charge is 2.46. The van der Waals surface area contributed by atoms with E-state index in [0.717, 1.165) is 12.8 Å². The van der Waals surface area contributed by atoms with Gasteiger partial charge in [-0.05, 0) is 32.0 Å². The number of benzene rings is 1. The van der Waals surface area contributed by atoms with Gasteiger partial charge in [0.25, 0.3) is 0 Å². The molecule has 1 aliphatic carbocycles. The number of hydrogen-bond acceptors (Lipinski definition) is 1. The molecule has 0 bridgehead atoms. The Hall–Kier alpha value is -0.670. The molecule has 1 aromatic rings. The average molecular weight is 220 g/mol. The largest absolute Gasteiger partial charge is 0.310 e. The van der Waals surface area contributed by atoms with Gasteiger partial charge in [0.2, 0.25) is 0 Å². The van der Waals surface area contributed by atoms with Gasteiger partial charge in [0.15, 0.2) is 0 Å². The van der Waals surface area contributed by atoms with Crippen LogP contribution in [0.4, 0.5) is 8.78 Å². The van der Waals surface area contributed by atoms with Crippen LogP contribution in [0.25, 0.3) is 0 Å². The van der Waals surface area contributed by atoms with E-state index in [0.29, 0.717) is 0 Å². The van der Waals surface area contributed by atoms with Crippen LogP contribution < -0.4 is 5.32 Å². The summed E-state index contributed by atoms with van der Waals surface area (Å²) in [6, 6.07) is 3.99. The zero-order valence-electron chi connectivity index (χ0n) is 7.81. The molecule has 0 aromatic heterocycles. The SMILES string of the molecule is CNC1(c2c(F)cccc2F)CC1.Cl. The highest BCUT2D eigenvalue weighted by molar-refractivity contribution is 5.85. The van der Waals surface area contributed by atoms with Crippen molar-refractivity contribution in [3.8, 4) is 0 Å². The third-order valence-electron chi connectivity index (χ3n) is 2.67. The molecule has 0 atom stereocenters. The maximum absolute atomic E-state index is 13.3. The first-order valence-electron chi connectivity index (χ1n) is 4.33. The van der Waals surface area contributed by atoms with E-state index in [1.165, 1.54) is 18.2 Å². The normalized spacial score (nSPS) is 17.4. The second-order valence-corrected chi connectivity index (χ2v) is 3.43. The van der Waals surface area contributed by atoms with Gasteiger partial charge in [-0.2, -0.15) is 0 Å². The van der Waals surface area contributed by atoms with Crippen LogP contribution in [0.5, 0.6) is 0 Å². The van der Waals surface area contributed by atoms with Crippen molar-refractivity contribution in [2.24, 2.45) is 0 Å². The summed E-state index contributed by atoms with van der Waals surface area (Å²) in [6.07, 6.45) is 1.61. The summed E-state index contributed by atoms with van der Waals surface area (Å²) in [5.41, 5.74) is -0.243. The van der Waals surface area contributed by atoms with E-state index in [4.69, 9.17) is 0 Å². The van der Waals surface area contributed by atoms with E-state index >= 15 is 0 Å². The summed E-state index contributed by atoms with van der Waals surface area (Å²) in [5.74, 6) is -0.904. The van der Waals surface area contributed by atoms with Gasteiger partial charge < -0.3 is 5.32 Å². The van der Waals surface area contributed by atoms with Gasteiger partial charge in [0, 0.05) is 11.1 Å². The molecule has 1 nitrogen and oxygen atoms in total. The number of nitrogens with one attached hydrogen (secondary N) is 1. The van der Waals surface area contributed by atoms with Crippen molar-refractivity contribution in [3.05, 3.63) is 35.4 Å². The third kappa shape index (κ3) is 1.62. The van der Waals surface area contributed by atoms with Crippen LogP contribution in [-0.4, -0.2) is 7.05 Å². The minimum Gasteiger partial charge on any atom is -0.310 e. The van der Waals surface area contributed by atoms with Gasteiger partial charge in [-0.15, -0.1) is 12.4 Å². The van der Waals surface area contributed by atoms with Gasteiger partial charge in [0.05, 0.1) is 0 Å². The van der Waals surface area contributed by atoms with E-state index in [9.17, 15) is 8.78 Å². The third-order valence-corrected chi connectivity index (χ3v) is 2.67. The molecule has 0 saturated heterocycles. The maximum Gasteiger partial charge on any atom is 0.131 e. The molecule has 4 heteroatoms. The minimum absolute atomic E-state index is 0. The zero-order valence-corrected chi connectivity index (χ0v) is 8.63. The molecule has 1 aliphatic rings. The Morgan fingerprint density at radius 2 is 1.71 bits per heavy atom. The zero-order chi connectivity index (χ0) is 9.47. The van der Waals surface area contributed by atoms with Gasteiger partial charge >= 0.3 is 0 Å². The summed E-state index contributed by atoms with van der Waals surface area (Å²) >= 11 is 0. The van der Waals surface area contributed by atoms with E-state index in [1.54, 1.807) is 7.05 Å². The van der Waals surface area contributed by atoms with Crippen molar-refractivity contribution in [1.29, 1.82) is 0 Å². The molecule has 14 heavy (non-hydrogen) atoms. The second kappa shape index (κ2) is 3.83. The first-order chi connectivity index (χ1) is 6.19. The minimum atomic E-state index is -0.452. The van der Waals surface area contributed by atoms with Gasteiger partial charge in [-0.3, -0.25) is 0 Å². The Labute approximate surface area is 87.9 Å². The predicted octanol–water partition coefficient (Wildman–Crippen LogP) is 2.60. The Kier molecular flexibility index (Phi) is 3.12. The Morgan fingerprint density at radius 3 is 2.07 bits per heavy atom. The fourth-order valence-corrected chi connectivity index (χ4v) is 1.70. The van der Waals surface area contributed by atoms with Crippen LogP contribution in [0.1, 0.15) is 18.4 Å². The topological polar surface area (TPSA) is 12.0 Å². The summed E-state index contributed by atoms with van der Waals surface area (Å²) in [6.45, 7) is 0. The second-order valence-electron chi connectivity index (χ2n) is 3.43. The van der Waals surface area contributed by atoms with Crippen molar-refractivity contribution in [2.45, 2.75) is 18.4 Å². The number of halogens is 3. The lowest BCUT2D eigenvalue weighted by Gasteiger charge is -2.15. The molecule has 0 radical (unpaired) electrons. The average Bonchev–Trinajstić information content (AvgIpc) is 2.85. The molecule has 1 N–H and O–H groups in total. The monoisotopic (exact) mass is 219 g/mol. The molecule has 0 unspecified atom stereocenters. The molecule has 0 aliphatic heterocycles. The van der Waals surface area contributed by atoms with Crippen molar-refractivity contribution in [2.75, 3.05) is 7.05 Å². The Morgan fingerprint density at radius 1 is 1.21 bits per heavy atom. The van der Waals surface area contributed by atoms with Crippen molar-refractivity contribution in [3.63, 3.8) is 0 Å². The molecule has 2 rings (SSSR count). The van der Waals surface area contributed by atoms with Crippen LogP contribution >= 0.6 is 12.4 Å². The summed E-state index contributed by atoms with van der Waals surface area (Å²) in [7, 11) is 1.74. The van der Waals surface area contributed by atoms with Crippen LogP contribution in [0.3, 0.4) is 0 Å². The van der Waals surface area contributed by atoms with Gasteiger partial charge in [0.1, 0.15) is 11.6 Å². The van der Waals surface area contributed by atoms with Gasteiger partial charge in [-0.1, -0.05) is 6.07 Å². The number of rotatable bonds is 2. The fourth-order valence-electron chi connectivity index (χ4n) is 1.70. The molecule has 0 spiro atoms. The van der Waals surface area contributed by atoms with E-state index in [1.807, 2.05) is 0 Å². The lowest BCUT2D eigenvalue weighted by Crippen LogP contribution is -2.27. The molecule has 1 fully saturated rings. The molecular weight excluding hydrogens is 208 g/mol. The molecule has 78 valence electrons. The van der Waals surface area contributed by atoms with E-state index < -0.39 is 17.2 Å².